The van der Waals surface area contributed by atoms with Crippen LogP contribution in [0, 0.1) is 0 Å². The maximum Gasteiger partial charge on any atom is 0.337 e. The zero-order valence-electron chi connectivity index (χ0n) is 14.9. The average molecular weight is 385 g/mol. The number of carbonyl (C=O) groups excluding carboxylic acids is 1. The third-order valence-electron chi connectivity index (χ3n) is 4.09. The molecule has 0 aliphatic heterocycles. The van der Waals surface area contributed by atoms with Crippen LogP contribution < -0.4 is 4.72 Å². The SMILES string of the molecule is COC(=O)c1cccc(S(=O)(=O)N[C@@H](c2ccccc2)c2nccn2C)c1. The molecule has 0 aliphatic carbocycles. The number of ether oxygens (including phenoxy) is 1. The molecule has 0 amide bonds. The Morgan fingerprint density at radius 3 is 2.52 bits per heavy atom. The molecular formula is C19H19N3O4S. The number of sulfonamides is 1. The van der Waals surface area contributed by atoms with Crippen molar-refractivity contribution in [3.8, 4) is 0 Å². The van der Waals surface area contributed by atoms with Gasteiger partial charge in [0.25, 0.3) is 0 Å². The lowest BCUT2D eigenvalue weighted by Gasteiger charge is -2.19. The van der Waals surface area contributed by atoms with Crippen LogP contribution in [0.1, 0.15) is 27.8 Å². The van der Waals surface area contributed by atoms with E-state index in [0.29, 0.717) is 5.82 Å². The second kappa shape index (κ2) is 7.73. The van der Waals surface area contributed by atoms with Gasteiger partial charge < -0.3 is 9.30 Å². The Bertz CT molecular complexity index is 1050. The van der Waals surface area contributed by atoms with Crippen molar-refractivity contribution in [2.45, 2.75) is 10.9 Å². The van der Waals surface area contributed by atoms with E-state index in [1.807, 2.05) is 30.3 Å². The first-order chi connectivity index (χ1) is 12.9. The summed E-state index contributed by atoms with van der Waals surface area (Å²) in [6.45, 7) is 0. The molecule has 7 nitrogen and oxygen atoms in total. The van der Waals surface area contributed by atoms with Gasteiger partial charge in [0, 0.05) is 19.4 Å². The molecule has 0 aliphatic rings. The fourth-order valence-corrected chi connectivity index (χ4v) is 3.93. The topological polar surface area (TPSA) is 90.3 Å². The fraction of sp³-hybridized carbons (Fsp3) is 0.158. The highest BCUT2D eigenvalue weighted by molar-refractivity contribution is 7.89. The molecule has 0 spiro atoms. The minimum absolute atomic E-state index is 0.0273. The average Bonchev–Trinajstić information content (AvgIpc) is 3.12. The first-order valence-electron chi connectivity index (χ1n) is 8.15. The van der Waals surface area contributed by atoms with Gasteiger partial charge in [0.1, 0.15) is 11.9 Å². The van der Waals surface area contributed by atoms with E-state index in [-0.39, 0.29) is 10.5 Å². The Kier molecular flexibility index (Phi) is 5.38. The molecule has 140 valence electrons. The highest BCUT2D eigenvalue weighted by Gasteiger charge is 2.26. The zero-order chi connectivity index (χ0) is 19.4. The van der Waals surface area contributed by atoms with Gasteiger partial charge in [-0.05, 0) is 23.8 Å². The molecule has 3 rings (SSSR count). The minimum Gasteiger partial charge on any atom is -0.465 e. The molecular weight excluding hydrogens is 366 g/mol. The van der Waals surface area contributed by atoms with Crippen molar-refractivity contribution < 1.29 is 17.9 Å². The van der Waals surface area contributed by atoms with Crippen LogP contribution in [-0.2, 0) is 21.8 Å². The van der Waals surface area contributed by atoms with E-state index in [9.17, 15) is 13.2 Å². The van der Waals surface area contributed by atoms with Gasteiger partial charge in [-0.3, -0.25) is 0 Å². The van der Waals surface area contributed by atoms with Gasteiger partial charge in [-0.1, -0.05) is 36.4 Å². The van der Waals surface area contributed by atoms with Crippen LogP contribution in [0.2, 0.25) is 0 Å². The Labute approximate surface area is 157 Å². The van der Waals surface area contributed by atoms with E-state index >= 15 is 0 Å². The summed E-state index contributed by atoms with van der Waals surface area (Å²) in [6.07, 6.45) is 3.36. The molecule has 1 aromatic heterocycles. The summed E-state index contributed by atoms with van der Waals surface area (Å²) in [5, 5.41) is 0. The van der Waals surface area contributed by atoms with Gasteiger partial charge in [-0.2, -0.15) is 4.72 Å². The molecule has 0 radical (unpaired) electrons. The number of rotatable bonds is 6. The molecule has 0 saturated carbocycles. The lowest BCUT2D eigenvalue weighted by atomic mass is 10.1. The smallest absolute Gasteiger partial charge is 0.337 e. The molecule has 27 heavy (non-hydrogen) atoms. The summed E-state index contributed by atoms with van der Waals surface area (Å²) < 4.78 is 35.1. The number of nitrogens with zero attached hydrogens (tertiary/aromatic N) is 2. The van der Waals surface area contributed by atoms with Crippen LogP contribution >= 0.6 is 0 Å². The van der Waals surface area contributed by atoms with E-state index < -0.39 is 22.0 Å². The number of benzene rings is 2. The van der Waals surface area contributed by atoms with Crippen molar-refractivity contribution in [1.29, 1.82) is 0 Å². The van der Waals surface area contributed by atoms with Crippen molar-refractivity contribution in [1.82, 2.24) is 14.3 Å². The molecule has 1 N–H and O–H groups in total. The van der Waals surface area contributed by atoms with Gasteiger partial charge in [0.15, 0.2) is 0 Å². The van der Waals surface area contributed by atoms with E-state index in [1.165, 1.54) is 31.4 Å². The minimum atomic E-state index is -3.93. The van der Waals surface area contributed by atoms with Crippen molar-refractivity contribution >= 4 is 16.0 Å². The van der Waals surface area contributed by atoms with Crippen molar-refractivity contribution in [2.24, 2.45) is 7.05 Å². The predicted molar refractivity (Wildman–Crippen MR) is 99.6 cm³/mol. The van der Waals surface area contributed by atoms with Gasteiger partial charge >= 0.3 is 5.97 Å². The summed E-state index contributed by atoms with van der Waals surface area (Å²) >= 11 is 0. The van der Waals surface area contributed by atoms with E-state index in [2.05, 4.69) is 14.4 Å². The predicted octanol–water partition coefficient (Wildman–Crippen LogP) is 2.27. The Hall–Kier alpha value is -2.97. The van der Waals surface area contributed by atoms with Crippen LogP contribution in [0.4, 0.5) is 0 Å². The van der Waals surface area contributed by atoms with Crippen molar-refractivity contribution in [3.63, 3.8) is 0 Å². The number of aryl methyl sites for hydroxylation is 1. The maximum atomic E-state index is 13.0. The number of imidazole rings is 1. The van der Waals surface area contributed by atoms with E-state index in [0.717, 1.165) is 5.56 Å². The second-order valence-corrected chi connectivity index (χ2v) is 7.59. The van der Waals surface area contributed by atoms with Crippen molar-refractivity contribution in [2.75, 3.05) is 7.11 Å². The van der Waals surface area contributed by atoms with Gasteiger partial charge in [-0.25, -0.2) is 18.2 Å². The number of methoxy groups -OCH3 is 1. The molecule has 0 bridgehead atoms. The van der Waals surface area contributed by atoms with Gasteiger partial charge in [0.05, 0.1) is 17.6 Å². The number of hydrogen-bond acceptors (Lipinski definition) is 5. The number of carbonyl (C=O) groups is 1. The normalized spacial score (nSPS) is 12.5. The summed E-state index contributed by atoms with van der Waals surface area (Å²) in [6, 6.07) is 14.2. The lowest BCUT2D eigenvalue weighted by molar-refractivity contribution is 0.0600. The summed E-state index contributed by atoms with van der Waals surface area (Å²) in [4.78, 5) is 16.0. The third-order valence-corrected chi connectivity index (χ3v) is 5.51. The fourth-order valence-electron chi connectivity index (χ4n) is 2.70. The molecule has 1 heterocycles. The molecule has 3 aromatic rings. The van der Waals surface area contributed by atoms with Gasteiger partial charge in [-0.15, -0.1) is 0 Å². The van der Waals surface area contributed by atoms with Crippen LogP contribution in [0.15, 0.2) is 71.9 Å². The van der Waals surface area contributed by atoms with E-state index in [1.54, 1.807) is 24.0 Å². The number of hydrogen-bond donors (Lipinski definition) is 1. The monoisotopic (exact) mass is 385 g/mol. The van der Waals surface area contributed by atoms with Crippen LogP contribution in [0.25, 0.3) is 0 Å². The largest absolute Gasteiger partial charge is 0.465 e. The molecule has 0 unspecified atom stereocenters. The van der Waals surface area contributed by atoms with Crippen molar-refractivity contribution in [3.05, 3.63) is 83.9 Å². The molecule has 8 heteroatoms. The van der Waals surface area contributed by atoms with Crippen LogP contribution in [0.3, 0.4) is 0 Å². The molecule has 2 aromatic carbocycles. The maximum absolute atomic E-state index is 13.0. The molecule has 1 atom stereocenters. The number of aromatic nitrogens is 2. The summed E-state index contributed by atoms with van der Waals surface area (Å²) in [5.74, 6) is -0.0512. The zero-order valence-corrected chi connectivity index (χ0v) is 15.7. The summed E-state index contributed by atoms with van der Waals surface area (Å²) in [5.41, 5.74) is 0.910. The molecule has 0 saturated heterocycles. The van der Waals surface area contributed by atoms with E-state index in [4.69, 9.17) is 0 Å². The Balaban J connectivity index is 2.01. The van der Waals surface area contributed by atoms with Gasteiger partial charge in [0.2, 0.25) is 10.0 Å². The number of esters is 1. The first kappa shape index (κ1) is 18.8. The van der Waals surface area contributed by atoms with Crippen LogP contribution in [-0.4, -0.2) is 31.0 Å². The number of nitrogens with one attached hydrogen (secondary N) is 1. The Morgan fingerprint density at radius 2 is 1.89 bits per heavy atom. The third kappa shape index (κ3) is 4.07. The lowest BCUT2D eigenvalue weighted by Crippen LogP contribution is -2.31. The summed E-state index contributed by atoms with van der Waals surface area (Å²) in [7, 11) is -0.885. The van der Waals surface area contributed by atoms with Crippen LogP contribution in [0.5, 0.6) is 0 Å². The quantitative estimate of drug-likeness (QED) is 0.658. The highest BCUT2D eigenvalue weighted by atomic mass is 32.2. The Morgan fingerprint density at radius 1 is 1.15 bits per heavy atom. The molecule has 0 fully saturated rings. The highest BCUT2D eigenvalue weighted by Crippen LogP contribution is 2.23. The first-order valence-corrected chi connectivity index (χ1v) is 9.63. The second-order valence-electron chi connectivity index (χ2n) is 5.88. The standard InChI is InChI=1S/C19H19N3O4S/c1-22-12-11-20-18(22)17(14-7-4-3-5-8-14)21-27(24,25)16-10-6-9-15(13-16)19(23)26-2/h3-13,17,21H,1-2H3/t17-/m0/s1.